The minimum atomic E-state index is -4.46. The van der Waals surface area contributed by atoms with Crippen molar-refractivity contribution in [2.75, 3.05) is 40.9 Å². The molecule has 0 fully saturated rings. The number of hydrogen-bond donors (Lipinski definition) is 2. The molecule has 0 aliphatic heterocycles. The van der Waals surface area contributed by atoms with E-state index in [0.717, 1.165) is 77.0 Å². The number of amides is 1. The maximum Gasteiger partial charge on any atom is 0.472 e. The molecule has 0 spiro atoms. The highest BCUT2D eigenvalue weighted by atomic mass is 31.2. The SMILES string of the molecule is CCCCC/C=C\C/C=C\C/C=C\CCCCCCCCCCCCC(=O)OC(/C=C/CCCCCCCCCCCCC)C(COP(=O)(O)OCC[N+](C)(C)C)NC(=O)CCCCCCCCCCC/C=C\C/C=C\CCCCC. The molecule has 472 valence electrons. The molecule has 0 rings (SSSR count). The Morgan fingerprint density at radius 1 is 0.432 bits per heavy atom. The smallest absolute Gasteiger partial charge is 0.456 e. The molecule has 9 nitrogen and oxygen atoms in total. The van der Waals surface area contributed by atoms with Gasteiger partial charge in [-0.1, -0.05) is 274 Å². The fourth-order valence-electron chi connectivity index (χ4n) is 9.80. The molecule has 0 heterocycles. The Morgan fingerprint density at radius 3 is 1.15 bits per heavy atom. The van der Waals surface area contributed by atoms with Crippen LogP contribution in [0.1, 0.15) is 316 Å². The number of unbranched alkanes of at least 4 members (excludes halogenated alkanes) is 36. The third kappa shape index (κ3) is 61.8. The Kier molecular flexibility index (Phi) is 58.7. The molecule has 0 aromatic rings. The Bertz CT molecular complexity index is 1620. The van der Waals surface area contributed by atoms with Crippen molar-refractivity contribution in [1.29, 1.82) is 0 Å². The van der Waals surface area contributed by atoms with Crippen molar-refractivity contribution in [3.63, 3.8) is 0 Å². The predicted octanol–water partition coefficient (Wildman–Crippen LogP) is 21.6. The molecule has 0 aromatic heterocycles. The van der Waals surface area contributed by atoms with E-state index in [-0.39, 0.29) is 31.5 Å². The number of hydrogen-bond acceptors (Lipinski definition) is 6. The second kappa shape index (κ2) is 60.6. The van der Waals surface area contributed by atoms with Gasteiger partial charge in [0.1, 0.15) is 19.3 Å². The van der Waals surface area contributed by atoms with E-state index >= 15 is 0 Å². The number of quaternary nitrogens is 1. The van der Waals surface area contributed by atoms with Crippen LogP contribution in [0.5, 0.6) is 0 Å². The lowest BCUT2D eigenvalue weighted by atomic mass is 10.0. The summed E-state index contributed by atoms with van der Waals surface area (Å²) in [7, 11) is 1.49. The topological polar surface area (TPSA) is 111 Å². The molecule has 3 atom stereocenters. The third-order valence-corrected chi connectivity index (χ3v) is 16.1. The number of nitrogens with one attached hydrogen (secondary N) is 1. The van der Waals surface area contributed by atoms with Crippen molar-refractivity contribution in [2.45, 2.75) is 328 Å². The van der Waals surface area contributed by atoms with E-state index in [9.17, 15) is 19.0 Å². The van der Waals surface area contributed by atoms with Crippen LogP contribution >= 0.6 is 7.82 Å². The van der Waals surface area contributed by atoms with Crippen LogP contribution in [0.2, 0.25) is 0 Å². The van der Waals surface area contributed by atoms with Crippen LogP contribution < -0.4 is 5.32 Å². The molecule has 0 bridgehead atoms. The molecular weight excluding hydrogens is 1020 g/mol. The molecule has 3 unspecified atom stereocenters. The van der Waals surface area contributed by atoms with Crippen molar-refractivity contribution in [1.82, 2.24) is 5.32 Å². The zero-order valence-corrected chi connectivity index (χ0v) is 54.9. The van der Waals surface area contributed by atoms with E-state index in [2.05, 4.69) is 86.8 Å². The van der Waals surface area contributed by atoms with Crippen LogP contribution in [-0.4, -0.2) is 74.3 Å². The van der Waals surface area contributed by atoms with Gasteiger partial charge in [0, 0.05) is 12.8 Å². The van der Waals surface area contributed by atoms with Gasteiger partial charge >= 0.3 is 13.8 Å². The predicted molar refractivity (Wildman–Crippen MR) is 351 cm³/mol. The van der Waals surface area contributed by atoms with E-state index in [0.29, 0.717) is 17.4 Å². The minimum absolute atomic E-state index is 0.0372. The zero-order chi connectivity index (χ0) is 59.3. The highest BCUT2D eigenvalue weighted by Crippen LogP contribution is 2.43. The number of rotatable bonds is 62. The summed E-state index contributed by atoms with van der Waals surface area (Å²) < 4.78 is 30.8. The summed E-state index contributed by atoms with van der Waals surface area (Å²) >= 11 is 0. The molecule has 1 amide bonds. The van der Waals surface area contributed by atoms with Gasteiger partial charge in [-0.3, -0.25) is 18.6 Å². The van der Waals surface area contributed by atoms with Crippen molar-refractivity contribution in [3.05, 3.63) is 72.9 Å². The van der Waals surface area contributed by atoms with Gasteiger partial charge in [0.25, 0.3) is 0 Å². The Labute approximate surface area is 502 Å². The summed E-state index contributed by atoms with van der Waals surface area (Å²) in [6, 6.07) is -0.855. The van der Waals surface area contributed by atoms with Crippen LogP contribution in [0.25, 0.3) is 0 Å². The van der Waals surface area contributed by atoms with E-state index in [4.69, 9.17) is 13.8 Å². The molecule has 81 heavy (non-hydrogen) atoms. The van der Waals surface area contributed by atoms with Gasteiger partial charge in [-0.15, -0.1) is 0 Å². The largest absolute Gasteiger partial charge is 0.472 e. The zero-order valence-electron chi connectivity index (χ0n) is 54.0. The summed E-state index contributed by atoms with van der Waals surface area (Å²) in [6.07, 6.45) is 78.9. The fraction of sp³-hybridized carbons (Fsp3) is 0.803. The summed E-state index contributed by atoms with van der Waals surface area (Å²) in [5.41, 5.74) is 0. The number of carbonyl (C=O) groups excluding carboxylic acids is 2. The summed E-state index contributed by atoms with van der Waals surface area (Å²) in [5, 5.41) is 3.07. The molecule has 0 saturated heterocycles. The second-order valence-corrected chi connectivity index (χ2v) is 25.8. The average Bonchev–Trinajstić information content (AvgIpc) is 3.44. The first-order chi connectivity index (χ1) is 39.4. The number of phosphoric ester groups is 1. The maximum atomic E-state index is 13.6. The average molecular weight is 1160 g/mol. The number of phosphoric acid groups is 1. The van der Waals surface area contributed by atoms with E-state index in [1.165, 1.54) is 205 Å². The molecule has 2 N–H and O–H groups in total. The first-order valence-corrected chi connectivity index (χ1v) is 35.8. The maximum absolute atomic E-state index is 13.6. The van der Waals surface area contributed by atoms with E-state index < -0.39 is 20.0 Å². The van der Waals surface area contributed by atoms with Crippen LogP contribution in [0.4, 0.5) is 0 Å². The molecule has 0 aliphatic rings. The number of nitrogens with zero attached hydrogens (tertiary/aromatic N) is 1. The lowest BCUT2D eigenvalue weighted by Crippen LogP contribution is -2.47. The monoisotopic (exact) mass is 1160 g/mol. The van der Waals surface area contributed by atoms with Gasteiger partial charge in [-0.2, -0.15) is 0 Å². The minimum Gasteiger partial charge on any atom is -0.456 e. The Morgan fingerprint density at radius 2 is 0.753 bits per heavy atom. The standard InChI is InChI=1S/C71H131N2O7P/c1-7-10-13-16-19-22-25-28-30-32-34-35-36-37-39-41-43-46-49-52-55-58-61-64-71(75)80-69(62-59-56-53-50-47-44-27-24-21-18-15-12-9-3)68(67-79-81(76,77)78-66-65-73(4,5)6)72-70(74)63-60-57-54-51-48-45-42-40-38-33-31-29-26-23-20-17-14-11-8-2/h19-20,22-23,28-31,34-35,59,62,68-69H,7-18,21,24-27,32-33,36-58,60-61,63-67H2,1-6H3,(H-,72,74,76,77)/p+1/b22-19-,23-20-,30-28-,31-29-,35-34-,62-59+. The number of esters is 1. The van der Waals surface area contributed by atoms with Gasteiger partial charge in [-0.05, 0) is 102 Å². The van der Waals surface area contributed by atoms with Crippen molar-refractivity contribution in [2.24, 2.45) is 0 Å². The summed E-state index contributed by atoms with van der Waals surface area (Å²) in [5.74, 6) is -0.507. The first kappa shape index (κ1) is 78.5. The number of allylic oxidation sites excluding steroid dienone is 11. The first-order valence-electron chi connectivity index (χ1n) is 34.3. The van der Waals surface area contributed by atoms with E-state index in [1.807, 2.05) is 33.3 Å². The highest BCUT2D eigenvalue weighted by molar-refractivity contribution is 7.47. The molecule has 0 radical (unpaired) electrons. The summed E-state index contributed by atoms with van der Waals surface area (Å²) in [4.78, 5) is 37.9. The summed E-state index contributed by atoms with van der Waals surface area (Å²) in [6.45, 7) is 6.99. The lowest BCUT2D eigenvalue weighted by molar-refractivity contribution is -0.870. The second-order valence-electron chi connectivity index (χ2n) is 24.3. The third-order valence-electron chi connectivity index (χ3n) is 15.1. The number of likely N-dealkylation sites (N-methyl/N-ethyl adjacent to an activating group) is 1. The number of carbonyl (C=O) groups is 2. The molecule has 10 heteroatoms. The quantitative estimate of drug-likeness (QED) is 0.0205. The van der Waals surface area contributed by atoms with Crippen LogP contribution in [0.15, 0.2) is 72.9 Å². The van der Waals surface area contributed by atoms with Crippen molar-refractivity contribution < 1.29 is 37.3 Å². The molecular formula is C71H132N2O7P+. The van der Waals surface area contributed by atoms with Gasteiger partial charge in [-0.25, -0.2) is 4.57 Å². The van der Waals surface area contributed by atoms with E-state index in [1.54, 1.807) is 0 Å². The Balaban J connectivity index is 5.17. The highest BCUT2D eigenvalue weighted by Gasteiger charge is 2.30. The molecule has 0 aromatic carbocycles. The van der Waals surface area contributed by atoms with Gasteiger partial charge < -0.3 is 19.4 Å². The lowest BCUT2D eigenvalue weighted by Gasteiger charge is -2.27. The van der Waals surface area contributed by atoms with Crippen molar-refractivity contribution >= 4 is 19.7 Å². The van der Waals surface area contributed by atoms with Crippen molar-refractivity contribution in [3.8, 4) is 0 Å². The van der Waals surface area contributed by atoms with Crippen LogP contribution in [0.3, 0.4) is 0 Å². The van der Waals surface area contributed by atoms with Gasteiger partial charge in [0.15, 0.2) is 0 Å². The fourth-order valence-corrected chi connectivity index (χ4v) is 10.5. The van der Waals surface area contributed by atoms with Crippen LogP contribution in [0, 0.1) is 0 Å². The van der Waals surface area contributed by atoms with Gasteiger partial charge in [0.2, 0.25) is 5.91 Å². The normalized spacial score (nSPS) is 14.0. The molecule has 0 saturated carbocycles. The molecule has 0 aliphatic carbocycles. The van der Waals surface area contributed by atoms with Crippen LogP contribution in [-0.2, 0) is 27.9 Å². The van der Waals surface area contributed by atoms with Gasteiger partial charge in [0.05, 0.1) is 33.8 Å². The number of ether oxygens (including phenoxy) is 1. The Hall–Kier alpha value is -2.55.